The Hall–Kier alpha value is -2.16. The zero-order valence-electron chi connectivity index (χ0n) is 15.6. The molecule has 0 spiro atoms. The lowest BCUT2D eigenvalue weighted by molar-refractivity contribution is 0.642. The van der Waals surface area contributed by atoms with Gasteiger partial charge in [-0.1, -0.05) is 12.1 Å². The topological polar surface area (TPSA) is 29.0 Å². The largest absolute Gasteiger partial charge is 0.383 e. The van der Waals surface area contributed by atoms with Crippen LogP contribution in [-0.2, 0) is 0 Å². The van der Waals surface area contributed by atoms with Crippen molar-refractivity contribution in [1.82, 2.24) is 4.57 Å². The molecular formula is C21H29N3. The van der Waals surface area contributed by atoms with E-state index in [4.69, 9.17) is 0 Å². The van der Waals surface area contributed by atoms with Gasteiger partial charge in [-0.25, -0.2) is 0 Å². The number of nitrogens with one attached hydrogen (secondary N) is 2. The molecule has 128 valence electrons. The second-order valence-corrected chi connectivity index (χ2v) is 7.53. The highest BCUT2D eigenvalue weighted by Gasteiger charge is 2.14. The van der Waals surface area contributed by atoms with E-state index in [-0.39, 0.29) is 0 Å². The SMILES string of the molecule is CC(C)Nc1ccc2c3ccc(NC(C)C)cc3n(C(C)C)c2c1. The molecule has 2 N–H and O–H groups in total. The third kappa shape index (κ3) is 3.08. The van der Waals surface area contributed by atoms with Gasteiger partial charge >= 0.3 is 0 Å². The molecular weight excluding hydrogens is 294 g/mol. The molecule has 0 aliphatic rings. The first-order chi connectivity index (χ1) is 11.4. The van der Waals surface area contributed by atoms with Gasteiger partial charge in [0, 0.05) is 40.3 Å². The van der Waals surface area contributed by atoms with Gasteiger partial charge in [0.2, 0.25) is 0 Å². The van der Waals surface area contributed by atoms with Crippen LogP contribution in [0.1, 0.15) is 47.6 Å². The van der Waals surface area contributed by atoms with E-state index in [9.17, 15) is 0 Å². The predicted molar refractivity (Wildman–Crippen MR) is 107 cm³/mol. The van der Waals surface area contributed by atoms with E-state index in [0.29, 0.717) is 18.1 Å². The minimum atomic E-state index is 0.411. The van der Waals surface area contributed by atoms with Crippen LogP contribution in [0.25, 0.3) is 21.8 Å². The highest BCUT2D eigenvalue weighted by molar-refractivity contribution is 6.09. The summed E-state index contributed by atoms with van der Waals surface area (Å²) in [6.07, 6.45) is 0. The molecule has 24 heavy (non-hydrogen) atoms. The number of fused-ring (bicyclic) bond motifs is 3. The van der Waals surface area contributed by atoms with Crippen molar-refractivity contribution in [2.75, 3.05) is 10.6 Å². The van der Waals surface area contributed by atoms with Crippen molar-refractivity contribution in [3.63, 3.8) is 0 Å². The maximum atomic E-state index is 3.52. The van der Waals surface area contributed by atoms with Crippen LogP contribution in [0.3, 0.4) is 0 Å². The highest BCUT2D eigenvalue weighted by Crippen LogP contribution is 2.35. The van der Waals surface area contributed by atoms with Crippen molar-refractivity contribution >= 4 is 33.2 Å². The van der Waals surface area contributed by atoms with Gasteiger partial charge in [-0.05, 0) is 65.8 Å². The zero-order valence-corrected chi connectivity index (χ0v) is 15.6. The Balaban J connectivity index is 2.24. The lowest BCUT2D eigenvalue weighted by Crippen LogP contribution is -2.10. The van der Waals surface area contributed by atoms with Crippen LogP contribution >= 0.6 is 0 Å². The number of aromatic nitrogens is 1. The molecule has 3 nitrogen and oxygen atoms in total. The molecule has 0 atom stereocenters. The molecule has 0 fully saturated rings. The van der Waals surface area contributed by atoms with Crippen molar-refractivity contribution in [1.29, 1.82) is 0 Å². The predicted octanol–water partition coefficient (Wildman–Crippen LogP) is 6.02. The number of hydrogen-bond donors (Lipinski definition) is 2. The summed E-state index contributed by atoms with van der Waals surface area (Å²) in [6, 6.07) is 14.7. The summed E-state index contributed by atoms with van der Waals surface area (Å²) in [5.41, 5.74) is 4.96. The van der Waals surface area contributed by atoms with Crippen molar-refractivity contribution in [2.45, 2.75) is 59.7 Å². The molecule has 0 bridgehead atoms. The van der Waals surface area contributed by atoms with Gasteiger partial charge in [0.1, 0.15) is 0 Å². The number of hydrogen-bond acceptors (Lipinski definition) is 2. The minimum Gasteiger partial charge on any atom is -0.383 e. The molecule has 0 radical (unpaired) electrons. The van der Waals surface area contributed by atoms with E-state index >= 15 is 0 Å². The van der Waals surface area contributed by atoms with Crippen LogP contribution in [0.4, 0.5) is 11.4 Å². The summed E-state index contributed by atoms with van der Waals surface area (Å²) in [7, 11) is 0. The molecule has 0 aliphatic carbocycles. The maximum Gasteiger partial charge on any atom is 0.0514 e. The molecule has 3 aromatic rings. The Morgan fingerprint density at radius 3 is 1.42 bits per heavy atom. The van der Waals surface area contributed by atoms with Crippen molar-refractivity contribution in [3.8, 4) is 0 Å². The van der Waals surface area contributed by atoms with Crippen LogP contribution in [0.15, 0.2) is 36.4 Å². The van der Waals surface area contributed by atoms with Crippen LogP contribution in [0.5, 0.6) is 0 Å². The van der Waals surface area contributed by atoms with E-state index in [1.165, 1.54) is 33.2 Å². The first kappa shape index (κ1) is 16.7. The molecule has 0 amide bonds. The second kappa shape index (κ2) is 6.39. The van der Waals surface area contributed by atoms with Gasteiger partial charge in [0.15, 0.2) is 0 Å². The second-order valence-electron chi connectivity index (χ2n) is 7.53. The average molecular weight is 323 g/mol. The van der Waals surface area contributed by atoms with Gasteiger partial charge < -0.3 is 15.2 Å². The summed E-state index contributed by atoms with van der Waals surface area (Å²) in [5.74, 6) is 0. The first-order valence-corrected chi connectivity index (χ1v) is 8.97. The molecule has 3 rings (SSSR count). The van der Waals surface area contributed by atoms with E-state index in [1.807, 2.05) is 0 Å². The minimum absolute atomic E-state index is 0.411. The lowest BCUT2D eigenvalue weighted by Gasteiger charge is -2.15. The Labute approximate surface area is 145 Å². The summed E-state index contributed by atoms with van der Waals surface area (Å²) < 4.78 is 2.45. The summed E-state index contributed by atoms with van der Waals surface area (Å²) in [5, 5.41) is 9.68. The Morgan fingerprint density at radius 1 is 0.667 bits per heavy atom. The van der Waals surface area contributed by atoms with Gasteiger partial charge in [-0.15, -0.1) is 0 Å². The van der Waals surface area contributed by atoms with E-state index in [2.05, 4.69) is 93.1 Å². The zero-order chi connectivity index (χ0) is 17.4. The Morgan fingerprint density at radius 2 is 1.08 bits per heavy atom. The van der Waals surface area contributed by atoms with Crippen molar-refractivity contribution in [3.05, 3.63) is 36.4 Å². The standard InChI is InChI=1S/C21H29N3/c1-13(2)22-16-7-9-18-19-10-8-17(23-14(3)4)12-21(19)24(15(5)6)20(18)11-16/h7-15,22-23H,1-6H3. The smallest absolute Gasteiger partial charge is 0.0514 e. The van der Waals surface area contributed by atoms with Gasteiger partial charge in [0.05, 0.1) is 11.0 Å². The van der Waals surface area contributed by atoms with Gasteiger partial charge in [0.25, 0.3) is 0 Å². The number of benzene rings is 2. The average Bonchev–Trinajstić information content (AvgIpc) is 2.78. The first-order valence-electron chi connectivity index (χ1n) is 8.97. The van der Waals surface area contributed by atoms with E-state index < -0.39 is 0 Å². The Kier molecular flexibility index (Phi) is 4.44. The molecule has 0 saturated heterocycles. The molecule has 3 heteroatoms. The van der Waals surface area contributed by atoms with E-state index in [1.54, 1.807) is 0 Å². The molecule has 0 unspecified atom stereocenters. The number of anilines is 2. The molecule has 1 aromatic heterocycles. The van der Waals surface area contributed by atoms with Crippen molar-refractivity contribution in [2.24, 2.45) is 0 Å². The summed E-state index contributed by atoms with van der Waals surface area (Å²) >= 11 is 0. The lowest BCUT2D eigenvalue weighted by atomic mass is 10.1. The van der Waals surface area contributed by atoms with Crippen LogP contribution < -0.4 is 10.6 Å². The monoisotopic (exact) mass is 323 g/mol. The van der Waals surface area contributed by atoms with Gasteiger partial charge in [-0.2, -0.15) is 0 Å². The quantitative estimate of drug-likeness (QED) is 0.601. The molecule has 1 heterocycles. The molecule has 0 aliphatic heterocycles. The normalized spacial score (nSPS) is 12.0. The highest BCUT2D eigenvalue weighted by atomic mass is 15.0. The third-order valence-corrected chi connectivity index (χ3v) is 4.23. The third-order valence-electron chi connectivity index (χ3n) is 4.23. The number of nitrogens with zero attached hydrogens (tertiary/aromatic N) is 1. The van der Waals surface area contributed by atoms with Crippen molar-refractivity contribution < 1.29 is 0 Å². The van der Waals surface area contributed by atoms with Gasteiger partial charge in [-0.3, -0.25) is 0 Å². The fraction of sp³-hybridized carbons (Fsp3) is 0.429. The maximum absolute atomic E-state index is 3.52. The fourth-order valence-electron chi connectivity index (χ4n) is 3.45. The molecule has 2 aromatic carbocycles. The van der Waals surface area contributed by atoms with Crippen LogP contribution in [0, 0.1) is 0 Å². The van der Waals surface area contributed by atoms with Crippen LogP contribution in [0.2, 0.25) is 0 Å². The molecule has 0 saturated carbocycles. The summed E-state index contributed by atoms with van der Waals surface area (Å²) in [6.45, 7) is 13.2. The summed E-state index contributed by atoms with van der Waals surface area (Å²) in [4.78, 5) is 0. The van der Waals surface area contributed by atoms with E-state index in [0.717, 1.165) is 0 Å². The van der Waals surface area contributed by atoms with Crippen LogP contribution in [-0.4, -0.2) is 16.7 Å². The Bertz CT molecular complexity index is 789. The number of rotatable bonds is 5. The fourth-order valence-corrected chi connectivity index (χ4v) is 3.45.